The second-order valence-corrected chi connectivity index (χ2v) is 3.71. The maximum atomic E-state index is 10.3. The fourth-order valence-corrected chi connectivity index (χ4v) is 1.62. The smallest absolute Gasteiger partial charge is 0.548 e. The molecule has 2 N–H and O–H groups in total. The van der Waals surface area contributed by atoms with Gasteiger partial charge in [-0.25, -0.2) is 4.18 Å². The van der Waals surface area contributed by atoms with Crippen molar-refractivity contribution in [2.45, 2.75) is 18.6 Å². The van der Waals surface area contributed by atoms with Crippen molar-refractivity contribution in [2.24, 2.45) is 0 Å². The predicted octanol–water partition coefficient (Wildman–Crippen LogP) is -5.71. The fourth-order valence-electron chi connectivity index (χ4n) is 1.13. The van der Waals surface area contributed by atoms with Gasteiger partial charge in [0.05, 0.1) is 12.1 Å². The van der Waals surface area contributed by atoms with Crippen LogP contribution in [0.2, 0.25) is 0 Å². The van der Waals surface area contributed by atoms with Gasteiger partial charge in [0.25, 0.3) is 0 Å². The van der Waals surface area contributed by atoms with Gasteiger partial charge >= 0.3 is 61.8 Å². The molecule has 2 atom stereocenters. The molecule has 0 spiro atoms. The summed E-state index contributed by atoms with van der Waals surface area (Å²) < 4.78 is 32.8. The quantitative estimate of drug-likeness (QED) is 0.378. The minimum atomic E-state index is -4.51. The first-order valence-electron chi connectivity index (χ1n) is 3.48. The molecule has 0 aromatic carbocycles. The summed E-state index contributed by atoms with van der Waals surface area (Å²) in [5.74, 6) is -1.32. The molecule has 0 radical (unpaired) electrons. The van der Waals surface area contributed by atoms with Crippen molar-refractivity contribution in [3.8, 4) is 0 Å². The fraction of sp³-hybridized carbons (Fsp3) is 0.800. The summed E-state index contributed by atoms with van der Waals surface area (Å²) in [6.45, 7) is 0.0540. The van der Waals surface area contributed by atoms with Crippen LogP contribution in [0.3, 0.4) is 0 Å². The van der Waals surface area contributed by atoms with Crippen molar-refractivity contribution >= 4 is 16.4 Å². The number of carboxylic acids is 1. The first kappa shape index (κ1) is 14.9. The third-order valence-corrected chi connectivity index (χ3v) is 2.15. The van der Waals surface area contributed by atoms with Gasteiger partial charge in [-0.15, -0.1) is 0 Å². The van der Waals surface area contributed by atoms with Crippen molar-refractivity contribution in [1.29, 1.82) is 0 Å². The van der Waals surface area contributed by atoms with E-state index >= 15 is 0 Å². The van der Waals surface area contributed by atoms with Gasteiger partial charge in [0, 0.05) is 12.6 Å². The molecule has 0 aliphatic carbocycles. The molecule has 1 saturated heterocycles. The molecule has 1 unspecified atom stereocenters. The summed E-state index contributed by atoms with van der Waals surface area (Å²) >= 11 is 0. The van der Waals surface area contributed by atoms with E-state index in [2.05, 4.69) is 9.50 Å². The van der Waals surface area contributed by atoms with E-state index in [4.69, 9.17) is 4.55 Å². The second kappa shape index (κ2) is 5.87. The van der Waals surface area contributed by atoms with Crippen LogP contribution in [0.4, 0.5) is 0 Å². The van der Waals surface area contributed by atoms with Gasteiger partial charge in [-0.05, 0) is 6.42 Å². The van der Waals surface area contributed by atoms with Crippen molar-refractivity contribution in [3.63, 3.8) is 0 Å². The molecule has 76 valence electrons. The van der Waals surface area contributed by atoms with Crippen LogP contribution in [-0.2, 0) is 19.4 Å². The summed E-state index contributed by atoms with van der Waals surface area (Å²) in [5.41, 5.74) is 0. The molecule has 1 aliphatic rings. The van der Waals surface area contributed by atoms with E-state index in [9.17, 15) is 18.3 Å². The normalized spacial score (nSPS) is 26.9. The van der Waals surface area contributed by atoms with Crippen molar-refractivity contribution in [1.82, 2.24) is 5.32 Å². The molecule has 1 aliphatic heterocycles. The zero-order valence-electron chi connectivity index (χ0n) is 7.47. The molecule has 1 heterocycles. The largest absolute Gasteiger partial charge is 1.00 e. The van der Waals surface area contributed by atoms with Crippen LogP contribution < -0.4 is 61.8 Å². The van der Waals surface area contributed by atoms with E-state index in [1.54, 1.807) is 0 Å². The van der Waals surface area contributed by atoms with E-state index in [0.717, 1.165) is 0 Å². The van der Waals surface area contributed by atoms with E-state index in [1.807, 2.05) is 0 Å². The summed E-state index contributed by atoms with van der Waals surface area (Å²) in [6.07, 6.45) is -0.889. The third-order valence-electron chi connectivity index (χ3n) is 1.63. The molecule has 1 rings (SSSR count). The monoisotopic (exact) mass is 249 g/mol. The van der Waals surface area contributed by atoms with Crippen LogP contribution in [0, 0.1) is 0 Å². The molecule has 1 fully saturated rings. The Labute approximate surface area is 124 Å². The second-order valence-electron chi connectivity index (χ2n) is 2.66. The van der Waals surface area contributed by atoms with Crippen LogP contribution >= 0.6 is 0 Å². The van der Waals surface area contributed by atoms with Gasteiger partial charge in [0.1, 0.15) is 0 Å². The molecular weight excluding hydrogens is 241 g/mol. The predicted molar refractivity (Wildman–Crippen MR) is 37.8 cm³/mol. The average molecular weight is 249 g/mol. The Morgan fingerprint density at radius 2 is 2.14 bits per heavy atom. The molecule has 14 heavy (non-hydrogen) atoms. The Bertz CT molecular complexity index is 303. The van der Waals surface area contributed by atoms with Crippen molar-refractivity contribution < 1.29 is 78.4 Å². The number of carboxylic acid groups (broad SMARTS) is 1. The molecule has 0 saturated carbocycles. The van der Waals surface area contributed by atoms with Gasteiger partial charge in [-0.2, -0.15) is 8.42 Å². The Morgan fingerprint density at radius 1 is 1.57 bits per heavy atom. The first-order valence-corrected chi connectivity index (χ1v) is 4.85. The van der Waals surface area contributed by atoms with Crippen LogP contribution in [-0.4, -0.2) is 37.6 Å². The zero-order valence-corrected chi connectivity index (χ0v) is 11.4. The Morgan fingerprint density at radius 3 is 2.50 bits per heavy atom. The van der Waals surface area contributed by atoms with Crippen LogP contribution in [0.5, 0.6) is 0 Å². The number of carbonyl (C=O) groups is 1. The topological polar surface area (TPSA) is 116 Å². The maximum Gasteiger partial charge on any atom is 1.00 e. The van der Waals surface area contributed by atoms with Gasteiger partial charge in [-0.3, -0.25) is 4.55 Å². The standard InChI is InChI=1S/C5H9NO6S.K/c7-5(8)4-1-3(2-6-4)12-13(9,10)11;/h3-4,6H,1-2H2,(H,7,8)(H,9,10,11);/q;+1/p-1/t3?,4-;/m0./s1. The van der Waals surface area contributed by atoms with E-state index in [1.165, 1.54) is 0 Å². The molecular formula is C5H8KNO6S. The molecule has 0 aromatic heterocycles. The molecule has 0 amide bonds. The maximum absolute atomic E-state index is 10.3. The van der Waals surface area contributed by atoms with Gasteiger partial charge in [0.15, 0.2) is 0 Å². The Hall–Kier alpha value is 0.936. The summed E-state index contributed by atoms with van der Waals surface area (Å²) in [5, 5.41) is 12.7. The third kappa shape index (κ3) is 5.14. The van der Waals surface area contributed by atoms with Crippen LogP contribution in [0.25, 0.3) is 0 Å². The SMILES string of the molecule is O=C([O-])[C@@H]1CC(OS(=O)(=O)O)CN1.[K+]. The van der Waals surface area contributed by atoms with Crippen molar-refractivity contribution in [3.05, 3.63) is 0 Å². The number of aliphatic carboxylic acids is 1. The van der Waals surface area contributed by atoms with Crippen LogP contribution in [0.1, 0.15) is 6.42 Å². The van der Waals surface area contributed by atoms with Gasteiger partial charge < -0.3 is 15.2 Å². The first-order chi connectivity index (χ1) is 5.88. The van der Waals surface area contributed by atoms with E-state index in [0.29, 0.717) is 0 Å². The molecule has 9 heteroatoms. The number of rotatable bonds is 3. The van der Waals surface area contributed by atoms with E-state index < -0.39 is 28.5 Å². The Kier molecular flexibility index (Phi) is 6.26. The zero-order chi connectivity index (χ0) is 10.1. The average Bonchev–Trinajstić information content (AvgIpc) is 2.31. The summed E-state index contributed by atoms with van der Waals surface area (Å²) in [6, 6.07) is -0.924. The molecule has 7 nitrogen and oxygen atoms in total. The number of hydrogen-bond acceptors (Lipinski definition) is 6. The van der Waals surface area contributed by atoms with Gasteiger partial charge in [-0.1, -0.05) is 0 Å². The van der Waals surface area contributed by atoms with Crippen LogP contribution in [0.15, 0.2) is 0 Å². The number of nitrogens with one attached hydrogen (secondary N) is 1. The number of carbonyl (C=O) groups excluding carboxylic acids is 1. The van der Waals surface area contributed by atoms with E-state index in [-0.39, 0.29) is 64.4 Å². The minimum absolute atomic E-state index is 0. The number of hydrogen-bond donors (Lipinski definition) is 2. The summed E-state index contributed by atoms with van der Waals surface area (Å²) in [4.78, 5) is 10.3. The Balaban J connectivity index is 0.00000169. The minimum Gasteiger partial charge on any atom is -0.548 e. The van der Waals surface area contributed by atoms with Crippen molar-refractivity contribution in [2.75, 3.05) is 6.54 Å². The summed E-state index contributed by atoms with van der Waals surface area (Å²) in [7, 11) is -4.51. The van der Waals surface area contributed by atoms with Gasteiger partial charge in [0.2, 0.25) is 0 Å². The molecule has 0 aromatic rings. The molecule has 0 bridgehead atoms.